The number of esters is 1. The molecule has 1 aromatic carbocycles. The number of carbonyl (C=O) groups excluding carboxylic acids is 2. The van der Waals surface area contributed by atoms with E-state index in [4.69, 9.17) is 9.47 Å². The van der Waals surface area contributed by atoms with Gasteiger partial charge in [0.05, 0.1) is 23.2 Å². The van der Waals surface area contributed by atoms with E-state index in [2.05, 4.69) is 26.2 Å². The summed E-state index contributed by atoms with van der Waals surface area (Å²) in [6, 6.07) is 5.64. The Labute approximate surface area is 158 Å². The van der Waals surface area contributed by atoms with Crippen LogP contribution < -0.4 is 10.1 Å². The van der Waals surface area contributed by atoms with Crippen molar-refractivity contribution in [3.8, 4) is 5.75 Å². The summed E-state index contributed by atoms with van der Waals surface area (Å²) < 4.78 is 11.3. The Hall–Kier alpha value is -1.93. The van der Waals surface area contributed by atoms with Gasteiger partial charge >= 0.3 is 5.97 Å². The zero-order valence-electron chi connectivity index (χ0n) is 14.2. The van der Waals surface area contributed by atoms with E-state index in [1.807, 2.05) is 25.1 Å². The molecule has 0 saturated carbocycles. The summed E-state index contributed by atoms with van der Waals surface area (Å²) in [7, 11) is 0. The van der Waals surface area contributed by atoms with Crippen LogP contribution in [0.5, 0.6) is 5.75 Å². The number of nitrogens with zero attached hydrogens (tertiary/aromatic N) is 1. The van der Waals surface area contributed by atoms with Crippen molar-refractivity contribution in [1.29, 1.82) is 0 Å². The molecule has 0 saturated heterocycles. The Balaban J connectivity index is 1.92. The Morgan fingerprint density at radius 3 is 2.84 bits per heavy atom. The predicted molar refractivity (Wildman–Crippen MR) is 100 cm³/mol. The third kappa shape index (κ3) is 5.82. The number of amides is 1. The molecular formula is C17H19BrN2O4S. The molecule has 1 heterocycles. The Bertz CT molecular complexity index is 763. The van der Waals surface area contributed by atoms with E-state index in [1.54, 1.807) is 19.2 Å². The fourth-order valence-electron chi connectivity index (χ4n) is 1.96. The van der Waals surface area contributed by atoms with Crippen LogP contribution in [0.2, 0.25) is 0 Å². The molecule has 1 unspecified atom stereocenters. The van der Waals surface area contributed by atoms with Gasteiger partial charge in [0.1, 0.15) is 5.75 Å². The number of halogens is 1. The molecule has 0 radical (unpaired) electrons. The van der Waals surface area contributed by atoms with Crippen molar-refractivity contribution in [2.24, 2.45) is 0 Å². The van der Waals surface area contributed by atoms with Crippen molar-refractivity contribution in [3.63, 3.8) is 0 Å². The van der Waals surface area contributed by atoms with Crippen LogP contribution in [0.3, 0.4) is 0 Å². The number of benzene rings is 1. The lowest BCUT2D eigenvalue weighted by atomic mass is 10.2. The molecule has 0 bridgehead atoms. The number of aromatic nitrogens is 1. The van der Waals surface area contributed by atoms with Crippen LogP contribution in [0.15, 0.2) is 28.1 Å². The average Bonchev–Trinajstić information content (AvgIpc) is 2.97. The third-order valence-electron chi connectivity index (χ3n) is 3.17. The number of hydrogen-bond acceptors (Lipinski definition) is 6. The molecule has 1 amide bonds. The summed E-state index contributed by atoms with van der Waals surface area (Å²) in [4.78, 5) is 27.9. The van der Waals surface area contributed by atoms with Gasteiger partial charge in [0.2, 0.25) is 0 Å². The van der Waals surface area contributed by atoms with Crippen LogP contribution in [0.1, 0.15) is 25.1 Å². The third-order valence-corrected chi connectivity index (χ3v) is 4.60. The summed E-state index contributed by atoms with van der Waals surface area (Å²) in [5.41, 5.74) is 1.65. The lowest BCUT2D eigenvalue weighted by molar-refractivity contribution is -0.142. The highest BCUT2D eigenvalue weighted by Crippen LogP contribution is 2.27. The van der Waals surface area contributed by atoms with Gasteiger partial charge in [-0.15, -0.1) is 11.3 Å². The minimum atomic E-state index is -0.698. The van der Waals surface area contributed by atoms with Crippen LogP contribution in [-0.4, -0.2) is 29.6 Å². The lowest BCUT2D eigenvalue weighted by Crippen LogP contribution is -2.30. The zero-order valence-corrected chi connectivity index (χ0v) is 16.6. The molecule has 25 heavy (non-hydrogen) atoms. The molecule has 1 aromatic heterocycles. The van der Waals surface area contributed by atoms with Crippen molar-refractivity contribution in [2.45, 2.75) is 33.3 Å². The Kier molecular flexibility index (Phi) is 6.95. The molecule has 2 rings (SSSR count). The first-order valence-electron chi connectivity index (χ1n) is 7.72. The first kappa shape index (κ1) is 19.4. The first-order chi connectivity index (χ1) is 11.9. The maximum Gasteiger partial charge on any atom is 0.311 e. The van der Waals surface area contributed by atoms with Crippen LogP contribution in [0, 0.1) is 6.92 Å². The Morgan fingerprint density at radius 1 is 1.40 bits per heavy atom. The lowest BCUT2D eigenvalue weighted by Gasteiger charge is -2.15. The van der Waals surface area contributed by atoms with Gasteiger partial charge < -0.3 is 9.47 Å². The van der Waals surface area contributed by atoms with Gasteiger partial charge in [0.25, 0.3) is 5.91 Å². The molecule has 8 heteroatoms. The number of anilines is 1. The standard InChI is InChI=1S/C17H19BrN2O4S/c1-4-23-15(21)8-12-9-25-17(19-12)20-16(22)11(3)24-14-6-5-10(2)7-13(14)18/h5-7,9,11H,4,8H2,1-3H3,(H,19,20,22). The fraction of sp³-hybridized carbons (Fsp3) is 0.353. The van der Waals surface area contributed by atoms with Crippen LogP contribution in [-0.2, 0) is 20.7 Å². The summed E-state index contributed by atoms with van der Waals surface area (Å²) in [5, 5.41) is 4.83. The average molecular weight is 427 g/mol. The number of thiazole rings is 1. The maximum absolute atomic E-state index is 12.3. The summed E-state index contributed by atoms with van der Waals surface area (Å²) in [6.45, 7) is 5.71. The number of carbonyl (C=O) groups is 2. The molecule has 134 valence electrons. The van der Waals surface area contributed by atoms with E-state index in [-0.39, 0.29) is 18.3 Å². The van der Waals surface area contributed by atoms with Crippen LogP contribution in [0.25, 0.3) is 0 Å². The summed E-state index contributed by atoms with van der Waals surface area (Å²) in [6.07, 6.45) is -0.612. The van der Waals surface area contributed by atoms with Crippen LogP contribution >= 0.6 is 27.3 Å². The van der Waals surface area contributed by atoms with Crippen LogP contribution in [0.4, 0.5) is 5.13 Å². The monoisotopic (exact) mass is 426 g/mol. The van der Waals surface area contributed by atoms with Gasteiger partial charge in [-0.3, -0.25) is 14.9 Å². The molecule has 2 aromatic rings. The van der Waals surface area contributed by atoms with Gasteiger partial charge in [0.15, 0.2) is 11.2 Å². The second-order valence-electron chi connectivity index (χ2n) is 5.31. The maximum atomic E-state index is 12.3. The predicted octanol–water partition coefficient (Wildman–Crippen LogP) is 3.73. The highest BCUT2D eigenvalue weighted by Gasteiger charge is 2.18. The van der Waals surface area contributed by atoms with Gasteiger partial charge in [0, 0.05) is 5.38 Å². The summed E-state index contributed by atoms with van der Waals surface area (Å²) >= 11 is 4.67. The zero-order chi connectivity index (χ0) is 18.4. The van der Waals surface area contributed by atoms with Gasteiger partial charge in [-0.1, -0.05) is 6.07 Å². The van der Waals surface area contributed by atoms with Crippen molar-refractivity contribution in [2.75, 3.05) is 11.9 Å². The molecule has 1 atom stereocenters. The molecule has 0 aliphatic carbocycles. The second-order valence-corrected chi connectivity index (χ2v) is 7.02. The van der Waals surface area contributed by atoms with E-state index in [0.717, 1.165) is 10.0 Å². The summed E-state index contributed by atoms with van der Waals surface area (Å²) in [5.74, 6) is -0.0634. The van der Waals surface area contributed by atoms with Crippen molar-refractivity contribution < 1.29 is 19.1 Å². The van der Waals surface area contributed by atoms with Gasteiger partial charge in [-0.25, -0.2) is 4.98 Å². The molecule has 1 N–H and O–H groups in total. The number of rotatable bonds is 7. The second kappa shape index (κ2) is 8.96. The van der Waals surface area contributed by atoms with E-state index in [1.165, 1.54) is 11.3 Å². The highest BCUT2D eigenvalue weighted by atomic mass is 79.9. The highest BCUT2D eigenvalue weighted by molar-refractivity contribution is 9.10. The number of ether oxygens (including phenoxy) is 2. The molecule has 0 aliphatic heterocycles. The van der Waals surface area contributed by atoms with Gasteiger partial charge in [-0.2, -0.15) is 0 Å². The van der Waals surface area contributed by atoms with Gasteiger partial charge in [-0.05, 0) is 54.4 Å². The minimum Gasteiger partial charge on any atom is -0.480 e. The van der Waals surface area contributed by atoms with E-state index >= 15 is 0 Å². The number of hydrogen-bond donors (Lipinski definition) is 1. The fourth-order valence-corrected chi connectivity index (χ4v) is 3.26. The molecule has 0 aliphatic rings. The quantitative estimate of drug-likeness (QED) is 0.682. The SMILES string of the molecule is CCOC(=O)Cc1csc(NC(=O)C(C)Oc2ccc(C)cc2Br)n1. The Morgan fingerprint density at radius 2 is 2.16 bits per heavy atom. The molecular weight excluding hydrogens is 408 g/mol. The molecule has 6 nitrogen and oxygen atoms in total. The van der Waals surface area contributed by atoms with E-state index < -0.39 is 6.10 Å². The largest absolute Gasteiger partial charge is 0.480 e. The van der Waals surface area contributed by atoms with E-state index in [0.29, 0.717) is 23.2 Å². The minimum absolute atomic E-state index is 0.0859. The molecule has 0 spiro atoms. The normalized spacial score (nSPS) is 11.7. The molecule has 0 fully saturated rings. The topological polar surface area (TPSA) is 77.5 Å². The van der Waals surface area contributed by atoms with E-state index in [9.17, 15) is 9.59 Å². The first-order valence-corrected chi connectivity index (χ1v) is 9.40. The smallest absolute Gasteiger partial charge is 0.311 e. The van der Waals surface area contributed by atoms with Crippen molar-refractivity contribution in [1.82, 2.24) is 4.98 Å². The van der Waals surface area contributed by atoms with Crippen molar-refractivity contribution >= 4 is 44.3 Å². The number of aryl methyl sites for hydroxylation is 1. The number of nitrogens with one attached hydrogen (secondary N) is 1. The van der Waals surface area contributed by atoms with Crippen molar-refractivity contribution in [3.05, 3.63) is 39.3 Å².